The van der Waals surface area contributed by atoms with Crippen molar-refractivity contribution in [3.8, 4) is 5.75 Å². The van der Waals surface area contributed by atoms with Gasteiger partial charge in [-0.25, -0.2) is 0 Å². The number of benzene rings is 2. The van der Waals surface area contributed by atoms with Crippen LogP contribution in [0.25, 0.3) is 0 Å². The van der Waals surface area contributed by atoms with Gasteiger partial charge < -0.3 is 20.3 Å². The number of amides is 2. The van der Waals surface area contributed by atoms with Gasteiger partial charge in [-0.3, -0.25) is 9.59 Å². The molecule has 1 heterocycles. The Hall–Kier alpha value is -3.02. The van der Waals surface area contributed by atoms with Crippen LogP contribution in [0.15, 0.2) is 42.5 Å². The lowest BCUT2D eigenvalue weighted by Gasteiger charge is -2.23. The second-order valence-corrected chi connectivity index (χ2v) is 6.13. The van der Waals surface area contributed by atoms with E-state index in [4.69, 9.17) is 4.74 Å². The molecule has 2 aromatic rings. The predicted molar refractivity (Wildman–Crippen MR) is 103 cm³/mol. The van der Waals surface area contributed by atoms with Crippen LogP contribution in [-0.4, -0.2) is 31.0 Å². The Bertz CT molecular complexity index is 814. The molecule has 0 bridgehead atoms. The van der Waals surface area contributed by atoms with Crippen LogP contribution in [0.1, 0.15) is 31.1 Å². The lowest BCUT2D eigenvalue weighted by Crippen LogP contribution is -2.34. The third kappa shape index (κ3) is 3.64. The summed E-state index contributed by atoms with van der Waals surface area (Å²) in [5.74, 6) is 0.194. The zero-order chi connectivity index (χ0) is 18.7. The molecule has 0 aromatic heterocycles. The van der Waals surface area contributed by atoms with Crippen molar-refractivity contribution < 1.29 is 14.3 Å². The number of fused-ring (bicyclic) bond motifs is 1. The monoisotopic (exact) mass is 353 g/mol. The van der Waals surface area contributed by atoms with Gasteiger partial charge in [-0.15, -0.1) is 0 Å². The maximum Gasteiger partial charge on any atom is 0.265 e. The molecule has 1 atom stereocenters. The van der Waals surface area contributed by atoms with Crippen molar-refractivity contribution in [3.05, 3.63) is 48.0 Å². The van der Waals surface area contributed by atoms with Crippen LogP contribution < -0.4 is 20.3 Å². The van der Waals surface area contributed by atoms with E-state index >= 15 is 0 Å². The van der Waals surface area contributed by atoms with Gasteiger partial charge in [-0.1, -0.05) is 0 Å². The van der Waals surface area contributed by atoms with Crippen molar-refractivity contribution in [2.24, 2.45) is 0 Å². The highest BCUT2D eigenvalue weighted by atomic mass is 16.5. The molecule has 0 fully saturated rings. The summed E-state index contributed by atoms with van der Waals surface area (Å²) in [5, 5.41) is 5.63. The second kappa shape index (κ2) is 7.47. The largest absolute Gasteiger partial charge is 0.479 e. The lowest BCUT2D eigenvalue weighted by atomic mass is 10.1. The predicted octanol–water partition coefficient (Wildman–Crippen LogP) is 3.50. The normalized spacial score (nSPS) is 15.5. The van der Waals surface area contributed by atoms with E-state index in [1.807, 2.05) is 24.3 Å². The molecule has 2 N–H and O–H groups in total. The third-order valence-corrected chi connectivity index (χ3v) is 4.43. The van der Waals surface area contributed by atoms with Crippen LogP contribution in [-0.2, 0) is 4.79 Å². The topological polar surface area (TPSA) is 70.7 Å². The first-order valence-corrected chi connectivity index (χ1v) is 8.79. The van der Waals surface area contributed by atoms with E-state index < -0.39 is 6.10 Å². The van der Waals surface area contributed by atoms with E-state index in [0.717, 1.165) is 18.8 Å². The molecule has 6 nitrogen and oxygen atoms in total. The highest BCUT2D eigenvalue weighted by Gasteiger charge is 2.23. The van der Waals surface area contributed by atoms with Gasteiger partial charge in [0.1, 0.15) is 5.75 Å². The van der Waals surface area contributed by atoms with Gasteiger partial charge in [-0.05, 0) is 63.2 Å². The smallest absolute Gasteiger partial charge is 0.265 e. The summed E-state index contributed by atoms with van der Waals surface area (Å²) in [6.07, 6.45) is -0.521. The number of nitrogens with one attached hydrogen (secondary N) is 2. The van der Waals surface area contributed by atoms with Crippen LogP contribution in [0.4, 0.5) is 17.1 Å². The average Bonchev–Trinajstić information content (AvgIpc) is 2.64. The Kier molecular flexibility index (Phi) is 5.11. The Morgan fingerprint density at radius 2 is 1.85 bits per heavy atom. The highest BCUT2D eigenvalue weighted by Crippen LogP contribution is 2.32. The van der Waals surface area contributed by atoms with Gasteiger partial charge in [0.15, 0.2) is 6.10 Å². The standard InChI is InChI=1S/C20H23N3O3/c1-4-23(5-2)16-9-6-14(7-10-16)20(25)21-15-8-11-18-17(12-15)22-19(24)13(3)26-18/h6-13H,4-5H2,1-3H3,(H,21,25)(H,22,24)/t13-/m1/s1. The molecule has 6 heteroatoms. The van der Waals surface area contributed by atoms with Crippen LogP contribution in [0.5, 0.6) is 5.75 Å². The number of carbonyl (C=O) groups excluding carboxylic acids is 2. The van der Waals surface area contributed by atoms with Gasteiger partial charge in [0, 0.05) is 30.0 Å². The molecule has 136 valence electrons. The molecule has 0 saturated carbocycles. The van der Waals surface area contributed by atoms with Crippen molar-refractivity contribution in [1.82, 2.24) is 0 Å². The van der Waals surface area contributed by atoms with Crippen LogP contribution in [0.3, 0.4) is 0 Å². The molecule has 2 aromatic carbocycles. The second-order valence-electron chi connectivity index (χ2n) is 6.13. The number of anilines is 3. The number of ether oxygens (including phenoxy) is 1. The maximum absolute atomic E-state index is 12.5. The fourth-order valence-corrected chi connectivity index (χ4v) is 2.90. The van der Waals surface area contributed by atoms with E-state index in [1.165, 1.54) is 0 Å². The molecule has 0 radical (unpaired) electrons. The quantitative estimate of drug-likeness (QED) is 0.863. The number of nitrogens with zero attached hydrogens (tertiary/aromatic N) is 1. The van der Waals surface area contributed by atoms with Crippen molar-refractivity contribution >= 4 is 28.9 Å². The van der Waals surface area contributed by atoms with Gasteiger partial charge in [0.05, 0.1) is 5.69 Å². The van der Waals surface area contributed by atoms with E-state index in [9.17, 15) is 9.59 Å². The summed E-state index contributed by atoms with van der Waals surface area (Å²) < 4.78 is 5.52. The molecule has 26 heavy (non-hydrogen) atoms. The summed E-state index contributed by atoms with van der Waals surface area (Å²) in [6.45, 7) is 7.73. The molecule has 0 saturated heterocycles. The Balaban J connectivity index is 1.72. The minimum Gasteiger partial charge on any atom is -0.479 e. The first-order chi connectivity index (χ1) is 12.5. The molecule has 0 unspecified atom stereocenters. The van der Waals surface area contributed by atoms with Gasteiger partial charge in [0.25, 0.3) is 11.8 Å². The van der Waals surface area contributed by atoms with E-state index in [2.05, 4.69) is 29.4 Å². The van der Waals surface area contributed by atoms with Crippen LogP contribution >= 0.6 is 0 Å². The summed E-state index contributed by atoms with van der Waals surface area (Å²) >= 11 is 0. The summed E-state index contributed by atoms with van der Waals surface area (Å²) in [7, 11) is 0. The molecule has 1 aliphatic rings. The molecule has 0 spiro atoms. The SMILES string of the molecule is CCN(CC)c1ccc(C(=O)Nc2ccc3c(c2)NC(=O)[C@@H](C)O3)cc1. The summed E-state index contributed by atoms with van der Waals surface area (Å²) in [4.78, 5) is 26.4. The zero-order valence-corrected chi connectivity index (χ0v) is 15.2. The molecule has 0 aliphatic carbocycles. The maximum atomic E-state index is 12.5. The number of carbonyl (C=O) groups is 2. The van der Waals surface area contributed by atoms with E-state index in [0.29, 0.717) is 22.7 Å². The molecule has 2 amide bonds. The average molecular weight is 353 g/mol. The van der Waals surface area contributed by atoms with Crippen molar-refractivity contribution in [2.45, 2.75) is 26.9 Å². The highest BCUT2D eigenvalue weighted by molar-refractivity contribution is 6.05. The Morgan fingerprint density at radius 3 is 2.50 bits per heavy atom. The first-order valence-electron chi connectivity index (χ1n) is 8.79. The Morgan fingerprint density at radius 1 is 1.15 bits per heavy atom. The minimum absolute atomic E-state index is 0.201. The minimum atomic E-state index is -0.521. The van der Waals surface area contributed by atoms with Crippen molar-refractivity contribution in [2.75, 3.05) is 28.6 Å². The lowest BCUT2D eigenvalue weighted by molar-refractivity contribution is -0.122. The van der Waals surface area contributed by atoms with Crippen LogP contribution in [0.2, 0.25) is 0 Å². The first kappa shape index (κ1) is 17.8. The number of rotatable bonds is 5. The van der Waals surface area contributed by atoms with Crippen molar-refractivity contribution in [3.63, 3.8) is 0 Å². The summed E-state index contributed by atoms with van der Waals surface area (Å²) in [5.41, 5.74) is 2.82. The molecular formula is C20H23N3O3. The van der Waals surface area contributed by atoms with E-state index in [-0.39, 0.29) is 11.8 Å². The van der Waals surface area contributed by atoms with Crippen LogP contribution in [0, 0.1) is 0 Å². The fourth-order valence-electron chi connectivity index (χ4n) is 2.90. The fraction of sp³-hybridized carbons (Fsp3) is 0.300. The number of hydrogen-bond acceptors (Lipinski definition) is 4. The molecule has 1 aliphatic heterocycles. The van der Waals surface area contributed by atoms with Crippen molar-refractivity contribution in [1.29, 1.82) is 0 Å². The van der Waals surface area contributed by atoms with E-state index in [1.54, 1.807) is 25.1 Å². The summed E-state index contributed by atoms with van der Waals surface area (Å²) in [6, 6.07) is 12.7. The van der Waals surface area contributed by atoms with Gasteiger partial charge in [0.2, 0.25) is 0 Å². The molecular weight excluding hydrogens is 330 g/mol. The molecule has 3 rings (SSSR count). The zero-order valence-electron chi connectivity index (χ0n) is 15.2. The third-order valence-electron chi connectivity index (χ3n) is 4.43. The Labute approximate surface area is 153 Å². The van der Waals surface area contributed by atoms with Gasteiger partial charge >= 0.3 is 0 Å². The van der Waals surface area contributed by atoms with Gasteiger partial charge in [-0.2, -0.15) is 0 Å². The number of hydrogen-bond donors (Lipinski definition) is 2.